The van der Waals surface area contributed by atoms with Gasteiger partial charge in [-0.15, -0.1) is 5.01 Å². The van der Waals surface area contributed by atoms with Gasteiger partial charge in [-0.05, 0) is 31.2 Å². The zero-order valence-electron chi connectivity index (χ0n) is 11.8. The lowest BCUT2D eigenvalue weighted by Gasteiger charge is -2.20. The van der Waals surface area contributed by atoms with Crippen molar-refractivity contribution in [1.82, 2.24) is 5.01 Å². The largest absolute Gasteiger partial charge is 0.508 e. The van der Waals surface area contributed by atoms with Crippen LogP contribution in [0.5, 0.6) is 5.75 Å². The molecule has 2 amide bonds. The summed E-state index contributed by atoms with van der Waals surface area (Å²) < 4.78 is 5.27. The number of carbonyl (C=O) groups excluding carboxylic acids is 2. The van der Waals surface area contributed by atoms with E-state index in [4.69, 9.17) is 4.74 Å². The molecule has 0 radical (unpaired) electrons. The average Bonchev–Trinajstić information content (AvgIpc) is 2.73. The summed E-state index contributed by atoms with van der Waals surface area (Å²) >= 11 is 0. The van der Waals surface area contributed by atoms with Crippen molar-refractivity contribution in [2.75, 3.05) is 5.43 Å². The van der Waals surface area contributed by atoms with Crippen LogP contribution in [0.1, 0.15) is 12.5 Å². The minimum Gasteiger partial charge on any atom is -0.508 e. The number of amides is 2. The van der Waals surface area contributed by atoms with E-state index in [1.807, 2.05) is 6.07 Å². The Bertz CT molecular complexity index is 715. The highest BCUT2D eigenvalue weighted by molar-refractivity contribution is 6.04. The van der Waals surface area contributed by atoms with Gasteiger partial charge >= 0.3 is 6.09 Å². The first-order valence-corrected chi connectivity index (χ1v) is 6.69. The molecular formula is C16H14N2O4. The molecule has 0 aromatic heterocycles. The first-order chi connectivity index (χ1) is 10.5. The second-order valence-electron chi connectivity index (χ2n) is 5.07. The highest BCUT2D eigenvalue weighted by Crippen LogP contribution is 2.35. The number of ether oxygens (including phenoxy) is 1. The van der Waals surface area contributed by atoms with Gasteiger partial charge in [0.2, 0.25) is 5.60 Å². The van der Waals surface area contributed by atoms with E-state index >= 15 is 0 Å². The van der Waals surface area contributed by atoms with Crippen LogP contribution in [0.2, 0.25) is 0 Å². The molecule has 0 spiro atoms. The Labute approximate surface area is 126 Å². The lowest BCUT2D eigenvalue weighted by molar-refractivity contribution is -0.135. The highest BCUT2D eigenvalue weighted by atomic mass is 16.6. The Morgan fingerprint density at radius 3 is 2.32 bits per heavy atom. The van der Waals surface area contributed by atoms with E-state index in [-0.39, 0.29) is 5.75 Å². The van der Waals surface area contributed by atoms with E-state index < -0.39 is 17.6 Å². The monoisotopic (exact) mass is 298 g/mol. The third-order valence-electron chi connectivity index (χ3n) is 3.52. The van der Waals surface area contributed by atoms with Gasteiger partial charge in [-0.25, -0.2) is 4.79 Å². The Morgan fingerprint density at radius 1 is 1.05 bits per heavy atom. The van der Waals surface area contributed by atoms with E-state index in [0.29, 0.717) is 11.3 Å². The molecule has 6 nitrogen and oxygen atoms in total. The van der Waals surface area contributed by atoms with Crippen molar-refractivity contribution in [3.63, 3.8) is 0 Å². The van der Waals surface area contributed by atoms with Crippen molar-refractivity contribution < 1.29 is 19.4 Å². The van der Waals surface area contributed by atoms with Crippen LogP contribution in [0.4, 0.5) is 10.5 Å². The molecule has 1 aliphatic heterocycles. The molecule has 1 aliphatic rings. The minimum atomic E-state index is -1.42. The summed E-state index contributed by atoms with van der Waals surface area (Å²) in [6, 6.07) is 14.8. The minimum absolute atomic E-state index is 0.0726. The number of nitrogens with one attached hydrogen (secondary N) is 1. The lowest BCUT2D eigenvalue weighted by Crippen LogP contribution is -2.39. The molecule has 2 aromatic rings. The van der Waals surface area contributed by atoms with Crippen LogP contribution >= 0.6 is 0 Å². The molecule has 22 heavy (non-hydrogen) atoms. The van der Waals surface area contributed by atoms with Gasteiger partial charge in [0.05, 0.1) is 5.69 Å². The average molecular weight is 298 g/mol. The van der Waals surface area contributed by atoms with Crippen molar-refractivity contribution in [2.24, 2.45) is 0 Å². The summed E-state index contributed by atoms with van der Waals surface area (Å²) in [5, 5.41) is 10.2. The highest BCUT2D eigenvalue weighted by Gasteiger charge is 2.52. The molecule has 1 saturated heterocycles. The predicted molar refractivity (Wildman–Crippen MR) is 78.9 cm³/mol. The van der Waals surface area contributed by atoms with Crippen LogP contribution in [-0.4, -0.2) is 22.1 Å². The summed E-state index contributed by atoms with van der Waals surface area (Å²) in [4.78, 5) is 24.6. The summed E-state index contributed by atoms with van der Waals surface area (Å²) in [7, 11) is 0. The predicted octanol–water partition coefficient (Wildman–Crippen LogP) is 2.61. The number of benzene rings is 2. The molecule has 0 saturated carbocycles. The molecule has 1 fully saturated rings. The molecule has 2 aromatic carbocycles. The zero-order valence-corrected chi connectivity index (χ0v) is 11.8. The van der Waals surface area contributed by atoms with Gasteiger partial charge in [0.15, 0.2) is 0 Å². The Hall–Kier alpha value is -3.02. The summed E-state index contributed by atoms with van der Waals surface area (Å²) in [5.74, 6) is -0.449. The van der Waals surface area contributed by atoms with E-state index in [2.05, 4.69) is 5.43 Å². The topological polar surface area (TPSA) is 78.9 Å². The molecule has 6 heteroatoms. The number of hydrogen-bond acceptors (Lipinski definition) is 5. The van der Waals surface area contributed by atoms with Crippen molar-refractivity contribution in [1.29, 1.82) is 0 Å². The van der Waals surface area contributed by atoms with Crippen molar-refractivity contribution >= 4 is 17.7 Å². The fraction of sp³-hybridized carbons (Fsp3) is 0.125. The number of phenols is 1. The maximum atomic E-state index is 12.6. The quantitative estimate of drug-likeness (QED) is 0.910. The molecule has 0 bridgehead atoms. The fourth-order valence-corrected chi connectivity index (χ4v) is 2.26. The third kappa shape index (κ3) is 2.24. The van der Waals surface area contributed by atoms with Crippen LogP contribution in [0.25, 0.3) is 0 Å². The molecule has 3 rings (SSSR count). The first-order valence-electron chi connectivity index (χ1n) is 6.69. The number of anilines is 1. The molecular weight excluding hydrogens is 284 g/mol. The number of hydrogen-bond donors (Lipinski definition) is 2. The summed E-state index contributed by atoms with van der Waals surface area (Å²) in [6.07, 6.45) is -0.774. The number of imide groups is 1. The van der Waals surface area contributed by atoms with Crippen LogP contribution in [0.3, 0.4) is 0 Å². The number of carbonyl (C=O) groups is 2. The van der Waals surface area contributed by atoms with Gasteiger partial charge in [-0.3, -0.25) is 10.2 Å². The van der Waals surface area contributed by atoms with Gasteiger partial charge in [0.25, 0.3) is 5.91 Å². The van der Waals surface area contributed by atoms with Gasteiger partial charge in [0.1, 0.15) is 5.75 Å². The molecule has 1 heterocycles. The van der Waals surface area contributed by atoms with E-state index in [1.54, 1.807) is 36.4 Å². The van der Waals surface area contributed by atoms with Gasteiger partial charge in [0, 0.05) is 5.56 Å². The SMILES string of the molecule is CC1(c2ccc(O)cc2)OC(=O)N(Nc2ccccc2)C1=O. The second-order valence-corrected chi connectivity index (χ2v) is 5.07. The number of cyclic esters (lactones) is 1. The Balaban J connectivity index is 1.89. The fourth-order valence-electron chi connectivity index (χ4n) is 2.26. The maximum Gasteiger partial charge on any atom is 0.437 e. The lowest BCUT2D eigenvalue weighted by atomic mass is 9.95. The number of aromatic hydroxyl groups is 1. The number of para-hydroxylation sites is 1. The molecule has 0 aliphatic carbocycles. The normalized spacial score (nSPS) is 20.9. The molecule has 1 unspecified atom stereocenters. The van der Waals surface area contributed by atoms with Crippen LogP contribution < -0.4 is 5.43 Å². The third-order valence-corrected chi connectivity index (χ3v) is 3.52. The Kier molecular flexibility index (Phi) is 3.21. The number of phenolic OH excluding ortho intramolecular Hbond substituents is 1. The molecule has 1 atom stereocenters. The van der Waals surface area contributed by atoms with Crippen LogP contribution in [0, 0.1) is 0 Å². The second kappa shape index (κ2) is 5.07. The number of rotatable bonds is 3. The number of hydrazine groups is 1. The van der Waals surface area contributed by atoms with Gasteiger partial charge in [-0.1, -0.05) is 30.3 Å². The smallest absolute Gasteiger partial charge is 0.437 e. The van der Waals surface area contributed by atoms with Gasteiger partial charge in [-0.2, -0.15) is 0 Å². The van der Waals surface area contributed by atoms with Crippen molar-refractivity contribution in [3.05, 3.63) is 60.2 Å². The molecule has 112 valence electrons. The van der Waals surface area contributed by atoms with Gasteiger partial charge < -0.3 is 9.84 Å². The van der Waals surface area contributed by atoms with Crippen molar-refractivity contribution in [3.8, 4) is 5.75 Å². The van der Waals surface area contributed by atoms with E-state index in [1.165, 1.54) is 19.1 Å². The summed E-state index contributed by atoms with van der Waals surface area (Å²) in [6.45, 7) is 1.52. The summed E-state index contributed by atoms with van der Waals surface area (Å²) in [5.41, 5.74) is 2.40. The first kappa shape index (κ1) is 13.9. The zero-order chi connectivity index (χ0) is 15.7. The van der Waals surface area contributed by atoms with Crippen LogP contribution in [0.15, 0.2) is 54.6 Å². The number of nitrogens with zero attached hydrogens (tertiary/aromatic N) is 1. The Morgan fingerprint density at radius 2 is 1.68 bits per heavy atom. The standard InChI is InChI=1S/C16H14N2O4/c1-16(11-7-9-13(19)10-8-11)14(20)18(15(21)22-16)17-12-5-3-2-4-6-12/h2-10,17,19H,1H3. The van der Waals surface area contributed by atoms with Crippen LogP contribution in [-0.2, 0) is 15.1 Å². The molecule has 2 N–H and O–H groups in total. The van der Waals surface area contributed by atoms with E-state index in [9.17, 15) is 14.7 Å². The maximum absolute atomic E-state index is 12.6. The van der Waals surface area contributed by atoms with Crippen molar-refractivity contribution in [2.45, 2.75) is 12.5 Å². The van der Waals surface area contributed by atoms with E-state index in [0.717, 1.165) is 5.01 Å².